The molecule has 4 rings (SSSR count). The van der Waals surface area contributed by atoms with Gasteiger partial charge in [0.15, 0.2) is 17.1 Å². The minimum Gasteiger partial charge on any atom is -0.465 e. The first kappa shape index (κ1) is 30.8. The zero-order valence-corrected chi connectivity index (χ0v) is 23.7. The van der Waals surface area contributed by atoms with E-state index in [0.717, 1.165) is 0 Å². The van der Waals surface area contributed by atoms with Crippen molar-refractivity contribution in [2.45, 2.75) is 63.1 Å². The lowest BCUT2D eigenvalue weighted by molar-refractivity contribution is -0.145. The fourth-order valence-corrected chi connectivity index (χ4v) is 6.00. The number of benzene rings is 1. The lowest BCUT2D eigenvalue weighted by atomic mass is 9.93. The van der Waals surface area contributed by atoms with Crippen LogP contribution in [0.5, 0.6) is 5.75 Å². The molecule has 6 N–H and O–H groups in total. The molecule has 16 heteroatoms. The first-order valence-electron chi connectivity index (χ1n) is 13.2. The molecule has 1 fully saturated rings. The molecule has 1 aliphatic rings. The Bertz CT molecular complexity index is 1360. The van der Waals surface area contributed by atoms with Crippen LogP contribution in [-0.4, -0.2) is 74.3 Å². The summed E-state index contributed by atoms with van der Waals surface area (Å²) in [5.74, 6) is -0.373. The normalized spacial score (nSPS) is 24.7. The van der Waals surface area contributed by atoms with Crippen LogP contribution in [0, 0.1) is 0 Å². The van der Waals surface area contributed by atoms with E-state index in [2.05, 4.69) is 20.2 Å². The van der Waals surface area contributed by atoms with Crippen LogP contribution in [0.25, 0.3) is 5.65 Å². The minimum absolute atomic E-state index is 0.0814. The van der Waals surface area contributed by atoms with Crippen LogP contribution >= 0.6 is 7.75 Å². The summed E-state index contributed by atoms with van der Waals surface area (Å²) in [4.78, 5) is 20.7. The fraction of sp³-hybridized carbons (Fsp3) is 0.520. The number of carbonyl (C=O) groups excluding carboxylic acids is 1. The number of ether oxygens (including phenoxy) is 2. The molecule has 6 atom stereocenters. The van der Waals surface area contributed by atoms with Crippen LogP contribution in [0.2, 0.25) is 0 Å². The number of nitrogen functional groups attached to an aromatic ring is 1. The van der Waals surface area contributed by atoms with Gasteiger partial charge in [-0.25, -0.2) is 23.4 Å². The summed E-state index contributed by atoms with van der Waals surface area (Å²) in [5, 5.41) is 17.6. The number of hydrogen-bond donors (Lipinski definition) is 4. The molecule has 14 nitrogen and oxygen atoms in total. The second kappa shape index (κ2) is 13.2. The third kappa shape index (κ3) is 7.00. The highest BCUT2D eigenvalue weighted by Gasteiger charge is 2.56. The maximum Gasteiger partial charge on any atom is 0.459 e. The summed E-state index contributed by atoms with van der Waals surface area (Å²) in [6, 6.07) is 7.13. The smallest absolute Gasteiger partial charge is 0.459 e. The van der Waals surface area contributed by atoms with Gasteiger partial charge >= 0.3 is 13.7 Å². The standard InChI is InChI=1S/C25H35FN7O7P/c1-3-37-24(35)17(11-7-8-12-27)32-41(36,40-16-9-5-4-6-10-16)38-14-19-20(34)25(2,26)21(39-19)18-13-29-23-22(28)30-15-31-33(18)23/h4-6,9-10,13,15,17,19-21,34H,3,7-8,11-12,14,27H2,1-2H3,(H,32,36)(H2,28,30,31)/t17-,19+,20+,21-,25+,41?/m0/s1. The zero-order chi connectivity index (χ0) is 29.6. The molecule has 0 amide bonds. The van der Waals surface area contributed by atoms with Crippen LogP contribution in [0.1, 0.15) is 44.9 Å². The Balaban J connectivity index is 1.56. The third-order valence-electron chi connectivity index (χ3n) is 6.59. The van der Waals surface area contributed by atoms with Crippen molar-refractivity contribution in [3.63, 3.8) is 0 Å². The molecule has 0 aliphatic carbocycles. The molecule has 1 saturated heterocycles. The summed E-state index contributed by atoms with van der Waals surface area (Å²) in [6.07, 6.45) is -0.394. The summed E-state index contributed by atoms with van der Waals surface area (Å²) in [7, 11) is -4.32. The van der Waals surface area contributed by atoms with Crippen LogP contribution in [0.15, 0.2) is 42.9 Å². The van der Waals surface area contributed by atoms with Crippen molar-refractivity contribution in [3.8, 4) is 5.75 Å². The number of aliphatic hydroxyl groups is 1. The monoisotopic (exact) mass is 595 g/mol. The van der Waals surface area contributed by atoms with E-state index in [1.54, 1.807) is 37.3 Å². The first-order chi connectivity index (χ1) is 19.6. The van der Waals surface area contributed by atoms with Crippen molar-refractivity contribution >= 4 is 25.2 Å². The fourth-order valence-electron chi connectivity index (χ4n) is 4.46. The molecule has 2 aromatic heterocycles. The minimum atomic E-state index is -4.32. The molecule has 224 valence electrons. The molecular formula is C25H35FN7O7P. The number of para-hydroxylation sites is 1. The van der Waals surface area contributed by atoms with Crippen LogP contribution in [0.4, 0.5) is 10.2 Å². The van der Waals surface area contributed by atoms with Gasteiger partial charge in [0.2, 0.25) is 0 Å². The highest BCUT2D eigenvalue weighted by atomic mass is 31.2. The number of halogens is 1. The Morgan fingerprint density at radius 2 is 2.07 bits per heavy atom. The van der Waals surface area contributed by atoms with Crippen molar-refractivity contribution in [2.75, 3.05) is 25.5 Å². The summed E-state index contributed by atoms with van der Waals surface area (Å²) in [5.41, 5.74) is 9.48. The van der Waals surface area contributed by atoms with Crippen LogP contribution in [0.3, 0.4) is 0 Å². The van der Waals surface area contributed by atoms with Crippen LogP contribution < -0.4 is 21.1 Å². The highest BCUT2D eigenvalue weighted by molar-refractivity contribution is 7.52. The number of aliphatic hydroxyl groups excluding tert-OH is 1. The lowest BCUT2D eigenvalue weighted by Gasteiger charge is -2.26. The van der Waals surface area contributed by atoms with Gasteiger partial charge in [-0.3, -0.25) is 9.32 Å². The number of nitrogens with two attached hydrogens (primary N) is 2. The van der Waals surface area contributed by atoms with Gasteiger partial charge in [0.25, 0.3) is 0 Å². The molecule has 1 aromatic carbocycles. The number of fused-ring (bicyclic) bond motifs is 1. The molecule has 0 bridgehead atoms. The topological polar surface area (TPSA) is 198 Å². The Kier molecular flexibility index (Phi) is 9.89. The van der Waals surface area contributed by atoms with Crippen molar-refractivity contribution < 1.29 is 37.4 Å². The molecule has 3 heterocycles. The molecular weight excluding hydrogens is 560 g/mol. The van der Waals surface area contributed by atoms with Gasteiger partial charge in [-0.2, -0.15) is 10.2 Å². The average Bonchev–Trinajstić information content (AvgIpc) is 3.46. The summed E-state index contributed by atoms with van der Waals surface area (Å²) < 4.78 is 53.6. The van der Waals surface area contributed by atoms with Crippen molar-refractivity contribution in [3.05, 3.63) is 48.5 Å². The number of carbonyl (C=O) groups is 1. The third-order valence-corrected chi connectivity index (χ3v) is 8.16. The van der Waals surface area contributed by atoms with Crippen LogP contribution in [-0.2, 0) is 23.4 Å². The highest BCUT2D eigenvalue weighted by Crippen LogP contribution is 2.49. The number of imidazole rings is 1. The maximum atomic E-state index is 15.9. The van der Waals surface area contributed by atoms with Gasteiger partial charge in [-0.15, -0.1) is 0 Å². The predicted molar refractivity (Wildman–Crippen MR) is 145 cm³/mol. The quantitative estimate of drug-likeness (QED) is 0.120. The Morgan fingerprint density at radius 1 is 1.32 bits per heavy atom. The molecule has 1 aliphatic heterocycles. The number of alkyl halides is 1. The number of nitrogens with one attached hydrogen (secondary N) is 1. The molecule has 1 unspecified atom stereocenters. The second-order valence-corrected chi connectivity index (χ2v) is 11.3. The maximum absolute atomic E-state index is 15.9. The van der Waals surface area contributed by atoms with Gasteiger partial charge in [0.1, 0.15) is 36.4 Å². The second-order valence-electron chi connectivity index (χ2n) is 9.63. The van der Waals surface area contributed by atoms with E-state index < -0.39 is 50.3 Å². The largest absolute Gasteiger partial charge is 0.465 e. The molecule has 41 heavy (non-hydrogen) atoms. The Morgan fingerprint density at radius 3 is 2.78 bits per heavy atom. The van der Waals surface area contributed by atoms with E-state index in [0.29, 0.717) is 19.4 Å². The number of rotatable bonds is 14. The number of esters is 1. The zero-order valence-electron chi connectivity index (χ0n) is 22.8. The van der Waals surface area contributed by atoms with Gasteiger partial charge < -0.3 is 30.6 Å². The van der Waals surface area contributed by atoms with Gasteiger partial charge in [0.05, 0.1) is 25.1 Å². The van der Waals surface area contributed by atoms with E-state index in [1.807, 2.05) is 0 Å². The number of nitrogens with zero attached hydrogens (tertiary/aromatic N) is 4. The number of aromatic nitrogens is 4. The number of hydrogen-bond acceptors (Lipinski definition) is 12. The van der Waals surface area contributed by atoms with E-state index in [-0.39, 0.29) is 35.9 Å². The molecule has 0 spiro atoms. The summed E-state index contributed by atoms with van der Waals surface area (Å²) >= 11 is 0. The Hall–Kier alpha value is -3.20. The summed E-state index contributed by atoms with van der Waals surface area (Å²) in [6.45, 7) is 2.78. The van der Waals surface area contributed by atoms with E-state index in [4.69, 9.17) is 30.0 Å². The van der Waals surface area contributed by atoms with Crippen molar-refractivity contribution in [2.24, 2.45) is 5.73 Å². The van der Waals surface area contributed by atoms with E-state index in [9.17, 15) is 14.5 Å². The molecule has 0 saturated carbocycles. The van der Waals surface area contributed by atoms with E-state index in [1.165, 1.54) is 24.0 Å². The number of unbranched alkanes of at least 4 members (excludes halogenated alkanes) is 1. The van der Waals surface area contributed by atoms with Gasteiger partial charge in [-0.05, 0) is 45.4 Å². The van der Waals surface area contributed by atoms with Crippen molar-refractivity contribution in [1.29, 1.82) is 0 Å². The molecule has 3 aromatic rings. The van der Waals surface area contributed by atoms with E-state index >= 15 is 4.39 Å². The predicted octanol–water partition coefficient (Wildman–Crippen LogP) is 2.09. The number of anilines is 1. The lowest BCUT2D eigenvalue weighted by Crippen LogP contribution is -2.41. The van der Waals surface area contributed by atoms with Gasteiger partial charge in [0, 0.05) is 0 Å². The van der Waals surface area contributed by atoms with Crippen molar-refractivity contribution in [1.82, 2.24) is 24.7 Å². The first-order valence-corrected chi connectivity index (χ1v) is 14.7. The Labute approximate surface area is 236 Å². The average molecular weight is 596 g/mol. The molecule has 0 radical (unpaired) electrons. The SMILES string of the molecule is CCOC(=O)[C@H](CCCCN)NP(=O)(OC[C@H]1O[C@@H](c2cnc3c(N)ncnn23)[C@](C)(F)[C@@H]1O)Oc1ccccc1. The van der Waals surface area contributed by atoms with Gasteiger partial charge in [-0.1, -0.05) is 24.6 Å².